The SMILES string of the molecule is O=C(C1=C(O)C(=O)N(c2nnc(SCc3ccc(F)cc3)s2)C1c1ccc(Cl)c(Cl)c1)c1cccs1. The molecule has 0 fully saturated rings. The number of hydrogen-bond donors (Lipinski definition) is 1. The van der Waals surface area contributed by atoms with E-state index in [1.807, 2.05) is 0 Å². The number of anilines is 1. The molecule has 5 rings (SSSR count). The zero-order chi connectivity index (χ0) is 25.4. The van der Waals surface area contributed by atoms with Gasteiger partial charge in [0, 0.05) is 5.75 Å². The van der Waals surface area contributed by atoms with Gasteiger partial charge in [-0.3, -0.25) is 14.5 Å². The van der Waals surface area contributed by atoms with Crippen molar-refractivity contribution in [3.05, 3.63) is 103 Å². The minimum atomic E-state index is -0.982. The smallest absolute Gasteiger partial charge is 0.296 e. The van der Waals surface area contributed by atoms with Gasteiger partial charge in [0.1, 0.15) is 5.82 Å². The molecule has 36 heavy (non-hydrogen) atoms. The highest BCUT2D eigenvalue weighted by Gasteiger charge is 2.46. The normalized spacial score (nSPS) is 15.7. The van der Waals surface area contributed by atoms with E-state index in [2.05, 4.69) is 10.2 Å². The first-order valence-electron chi connectivity index (χ1n) is 10.3. The van der Waals surface area contributed by atoms with Crippen LogP contribution in [0.15, 0.2) is 75.6 Å². The number of hydrogen-bond acceptors (Lipinski definition) is 8. The van der Waals surface area contributed by atoms with E-state index >= 15 is 0 Å². The molecule has 182 valence electrons. The Hall–Kier alpha value is -2.76. The van der Waals surface area contributed by atoms with Gasteiger partial charge in [0.05, 0.1) is 26.5 Å². The van der Waals surface area contributed by atoms with Crippen LogP contribution in [0, 0.1) is 5.82 Å². The Bertz CT molecular complexity index is 1490. The number of aromatic nitrogens is 2. The summed E-state index contributed by atoms with van der Waals surface area (Å²) in [4.78, 5) is 28.2. The lowest BCUT2D eigenvalue weighted by Crippen LogP contribution is -2.31. The number of aliphatic hydroxyl groups is 1. The topological polar surface area (TPSA) is 83.4 Å². The molecule has 4 aromatic rings. The molecule has 1 N–H and O–H groups in total. The number of halogens is 3. The summed E-state index contributed by atoms with van der Waals surface area (Å²) < 4.78 is 13.7. The highest BCUT2D eigenvalue weighted by molar-refractivity contribution is 8.00. The molecular weight excluding hydrogens is 564 g/mol. The van der Waals surface area contributed by atoms with Crippen molar-refractivity contribution in [1.29, 1.82) is 0 Å². The van der Waals surface area contributed by atoms with E-state index in [4.69, 9.17) is 23.2 Å². The number of aliphatic hydroxyl groups excluding tert-OH is 1. The summed E-state index contributed by atoms with van der Waals surface area (Å²) in [6.07, 6.45) is 0. The molecule has 1 amide bonds. The zero-order valence-corrected chi connectivity index (χ0v) is 22.0. The van der Waals surface area contributed by atoms with Gasteiger partial charge in [-0.25, -0.2) is 4.39 Å². The summed E-state index contributed by atoms with van der Waals surface area (Å²) in [7, 11) is 0. The molecule has 1 unspecified atom stereocenters. The van der Waals surface area contributed by atoms with E-state index in [-0.39, 0.29) is 21.5 Å². The average molecular weight is 578 g/mol. The predicted octanol–water partition coefficient (Wildman–Crippen LogP) is 7.12. The first-order valence-corrected chi connectivity index (χ1v) is 13.8. The molecule has 0 spiro atoms. The first-order chi connectivity index (χ1) is 17.3. The molecular formula is C24H14Cl2FN3O3S3. The van der Waals surface area contributed by atoms with Gasteiger partial charge < -0.3 is 5.11 Å². The number of thioether (sulfide) groups is 1. The minimum absolute atomic E-state index is 0.0726. The summed E-state index contributed by atoms with van der Waals surface area (Å²) >= 11 is 16.1. The minimum Gasteiger partial charge on any atom is -0.503 e. The van der Waals surface area contributed by atoms with Crippen LogP contribution in [0.1, 0.15) is 26.8 Å². The van der Waals surface area contributed by atoms with Gasteiger partial charge in [-0.1, -0.05) is 70.6 Å². The molecule has 6 nitrogen and oxygen atoms in total. The lowest BCUT2D eigenvalue weighted by molar-refractivity contribution is -0.117. The third kappa shape index (κ3) is 4.79. The fraction of sp³-hybridized carbons (Fsp3) is 0.0833. The average Bonchev–Trinajstić information content (AvgIpc) is 3.61. The highest BCUT2D eigenvalue weighted by Crippen LogP contribution is 2.45. The molecule has 0 saturated heterocycles. The van der Waals surface area contributed by atoms with E-state index in [1.54, 1.807) is 47.8 Å². The molecule has 0 bridgehead atoms. The molecule has 12 heteroatoms. The maximum atomic E-state index is 13.4. The van der Waals surface area contributed by atoms with Crippen molar-refractivity contribution in [2.24, 2.45) is 0 Å². The van der Waals surface area contributed by atoms with Crippen LogP contribution in [0.25, 0.3) is 0 Å². The summed E-state index contributed by atoms with van der Waals surface area (Å²) in [6, 6.07) is 13.2. The Balaban J connectivity index is 1.50. The molecule has 3 heterocycles. The quantitative estimate of drug-likeness (QED) is 0.143. The number of nitrogens with zero attached hydrogens (tertiary/aromatic N) is 3. The van der Waals surface area contributed by atoms with E-state index in [0.29, 0.717) is 25.6 Å². The van der Waals surface area contributed by atoms with E-state index in [0.717, 1.165) is 16.9 Å². The number of ketones is 1. The van der Waals surface area contributed by atoms with Crippen LogP contribution in [0.3, 0.4) is 0 Å². The number of benzene rings is 2. The second-order valence-electron chi connectivity index (χ2n) is 7.59. The third-order valence-electron chi connectivity index (χ3n) is 5.33. The third-order valence-corrected chi connectivity index (χ3v) is 9.07. The number of Topliss-reactive ketones (excluding diaryl/α,β-unsaturated/α-hetero) is 1. The van der Waals surface area contributed by atoms with Gasteiger partial charge >= 0.3 is 0 Å². The standard InChI is InChI=1S/C24H14Cl2FN3O3S3/c25-15-8-5-13(10-16(15)26)19-18(20(31)17-2-1-9-34-17)21(32)22(33)30(19)23-28-29-24(36-23)35-11-12-3-6-14(27)7-4-12/h1-10,19,32H,11H2. The second-order valence-corrected chi connectivity index (χ2v) is 11.5. The Labute approximate surface area is 227 Å². The number of amides is 1. The maximum Gasteiger partial charge on any atom is 0.296 e. The van der Waals surface area contributed by atoms with E-state index in [9.17, 15) is 19.1 Å². The highest BCUT2D eigenvalue weighted by atomic mass is 35.5. The van der Waals surface area contributed by atoms with Gasteiger partial charge in [-0.15, -0.1) is 21.5 Å². The molecule has 1 aliphatic heterocycles. The van der Waals surface area contributed by atoms with Gasteiger partial charge in [0.15, 0.2) is 10.1 Å². The Morgan fingerprint density at radius 2 is 1.89 bits per heavy atom. The molecule has 0 radical (unpaired) electrons. The largest absolute Gasteiger partial charge is 0.503 e. The molecule has 2 aromatic carbocycles. The monoisotopic (exact) mass is 577 g/mol. The van der Waals surface area contributed by atoms with Crippen molar-refractivity contribution in [1.82, 2.24) is 10.2 Å². The summed E-state index contributed by atoms with van der Waals surface area (Å²) in [5.74, 6) is -1.68. The number of rotatable bonds is 7. The summed E-state index contributed by atoms with van der Waals surface area (Å²) in [5.41, 5.74) is 1.31. The van der Waals surface area contributed by atoms with E-state index < -0.39 is 23.5 Å². The molecule has 1 atom stereocenters. The van der Waals surface area contributed by atoms with Gasteiger partial charge in [-0.2, -0.15) is 0 Å². The predicted molar refractivity (Wildman–Crippen MR) is 141 cm³/mol. The Morgan fingerprint density at radius 3 is 2.58 bits per heavy atom. The van der Waals surface area contributed by atoms with Crippen molar-refractivity contribution in [3.8, 4) is 0 Å². The number of carbonyl (C=O) groups is 2. The van der Waals surface area contributed by atoms with Crippen LogP contribution in [0.4, 0.5) is 9.52 Å². The van der Waals surface area contributed by atoms with Crippen molar-refractivity contribution in [2.75, 3.05) is 4.90 Å². The molecule has 0 saturated carbocycles. The lowest BCUT2D eigenvalue weighted by Gasteiger charge is -2.24. The Kier molecular flexibility index (Phi) is 7.14. The van der Waals surface area contributed by atoms with Gasteiger partial charge in [0.25, 0.3) is 5.91 Å². The van der Waals surface area contributed by atoms with Crippen molar-refractivity contribution in [3.63, 3.8) is 0 Å². The van der Waals surface area contributed by atoms with Crippen molar-refractivity contribution >= 4 is 74.5 Å². The fourth-order valence-corrected chi connectivity index (χ4v) is 6.46. The number of carbonyl (C=O) groups excluding carboxylic acids is 2. The van der Waals surface area contributed by atoms with Crippen LogP contribution in [0.5, 0.6) is 0 Å². The summed E-state index contributed by atoms with van der Waals surface area (Å²) in [5, 5.41) is 21.7. The summed E-state index contributed by atoms with van der Waals surface area (Å²) in [6.45, 7) is 0. The van der Waals surface area contributed by atoms with Crippen LogP contribution in [-0.4, -0.2) is 27.0 Å². The van der Waals surface area contributed by atoms with Gasteiger partial charge in [-0.05, 0) is 46.8 Å². The van der Waals surface area contributed by atoms with Gasteiger partial charge in [0.2, 0.25) is 10.9 Å². The van der Waals surface area contributed by atoms with Crippen LogP contribution in [0.2, 0.25) is 10.0 Å². The van der Waals surface area contributed by atoms with Crippen molar-refractivity contribution in [2.45, 2.75) is 16.1 Å². The zero-order valence-electron chi connectivity index (χ0n) is 18.0. The molecule has 0 aliphatic carbocycles. The van der Waals surface area contributed by atoms with E-state index in [1.165, 1.54) is 40.1 Å². The van der Waals surface area contributed by atoms with Crippen LogP contribution in [-0.2, 0) is 10.5 Å². The molecule has 2 aromatic heterocycles. The second kappa shape index (κ2) is 10.3. The van der Waals surface area contributed by atoms with Crippen molar-refractivity contribution < 1.29 is 19.1 Å². The first kappa shape index (κ1) is 24.9. The lowest BCUT2D eigenvalue weighted by atomic mass is 9.95. The molecule has 1 aliphatic rings. The van der Waals surface area contributed by atoms with Crippen LogP contribution >= 0.6 is 57.6 Å². The maximum absolute atomic E-state index is 13.4. The fourth-order valence-electron chi connectivity index (χ4n) is 3.66. The number of thiophene rings is 1. The van der Waals surface area contributed by atoms with Crippen LogP contribution < -0.4 is 4.90 Å². The Morgan fingerprint density at radius 1 is 1.11 bits per heavy atom.